The topological polar surface area (TPSA) is 110 Å². The minimum atomic E-state index is -0.941. The standard InChI is InChI=1S/C16H19N5O2.CH3NO/c1-19-11-18-14-13(19)15(22)21(16(23)20(14)2)10-6-4-8-12-7-3-5-9-17-12;1-2-3/h3,5,7,9,11,15-16,22-23H,6,10H2,1-2H3;3H,1H2. The van der Waals surface area contributed by atoms with Crippen molar-refractivity contribution < 1.29 is 15.4 Å². The number of nitrogens with zero attached hydrogens (tertiary/aromatic N) is 6. The number of rotatable bonds is 2. The number of fused-ring (bicyclic) bond motifs is 1. The molecule has 0 aromatic carbocycles. The molecule has 0 bridgehead atoms. The largest absolute Gasteiger partial charge is 0.411 e. The highest BCUT2D eigenvalue weighted by Crippen LogP contribution is 2.34. The van der Waals surface area contributed by atoms with E-state index in [0.717, 1.165) is 0 Å². The first-order chi connectivity index (χ1) is 12.5. The monoisotopic (exact) mass is 358 g/mol. The fraction of sp³-hybridized carbons (Fsp3) is 0.353. The fourth-order valence-corrected chi connectivity index (χ4v) is 2.62. The number of imidazole rings is 1. The molecule has 0 spiro atoms. The van der Waals surface area contributed by atoms with Crippen LogP contribution in [0.3, 0.4) is 0 Å². The Bertz CT molecular complexity index is 783. The van der Waals surface area contributed by atoms with Gasteiger partial charge in [-0.2, -0.15) is 0 Å². The molecule has 0 amide bonds. The summed E-state index contributed by atoms with van der Waals surface area (Å²) in [6.45, 7) is 3.09. The maximum absolute atomic E-state index is 10.5. The lowest BCUT2D eigenvalue weighted by Crippen LogP contribution is -2.53. The molecule has 0 saturated heterocycles. The van der Waals surface area contributed by atoms with Crippen LogP contribution in [0.15, 0.2) is 35.9 Å². The minimum Gasteiger partial charge on any atom is -0.411 e. The highest BCUT2D eigenvalue weighted by atomic mass is 16.4. The van der Waals surface area contributed by atoms with E-state index < -0.39 is 12.6 Å². The van der Waals surface area contributed by atoms with Crippen LogP contribution >= 0.6 is 0 Å². The van der Waals surface area contributed by atoms with Gasteiger partial charge in [0.15, 0.2) is 18.4 Å². The molecule has 2 aromatic heterocycles. The normalized spacial score (nSPS) is 18.8. The predicted molar refractivity (Wildman–Crippen MR) is 96.4 cm³/mol. The maximum Gasteiger partial charge on any atom is 0.189 e. The molecule has 9 heteroatoms. The van der Waals surface area contributed by atoms with E-state index in [-0.39, 0.29) is 0 Å². The van der Waals surface area contributed by atoms with Crippen molar-refractivity contribution in [1.82, 2.24) is 19.4 Å². The van der Waals surface area contributed by atoms with Crippen molar-refractivity contribution in [2.24, 2.45) is 12.2 Å². The molecular weight excluding hydrogens is 336 g/mol. The fourth-order valence-electron chi connectivity index (χ4n) is 2.62. The Morgan fingerprint density at radius 1 is 1.27 bits per heavy atom. The summed E-state index contributed by atoms with van der Waals surface area (Å²) in [4.78, 5) is 11.6. The molecule has 2 aromatic rings. The van der Waals surface area contributed by atoms with E-state index in [4.69, 9.17) is 5.21 Å². The molecule has 1 aliphatic heterocycles. The molecule has 9 nitrogen and oxygen atoms in total. The zero-order chi connectivity index (χ0) is 19.1. The predicted octanol–water partition coefficient (Wildman–Crippen LogP) is 0.352. The van der Waals surface area contributed by atoms with Crippen LogP contribution in [-0.4, -0.2) is 61.5 Å². The number of anilines is 1. The second-order valence-corrected chi connectivity index (χ2v) is 5.54. The van der Waals surface area contributed by atoms with Crippen molar-refractivity contribution >= 4 is 12.5 Å². The highest BCUT2D eigenvalue weighted by Gasteiger charge is 2.37. The van der Waals surface area contributed by atoms with E-state index in [2.05, 4.69) is 33.7 Å². The minimum absolute atomic E-state index is 0.428. The Balaban J connectivity index is 0.000000758. The quantitative estimate of drug-likeness (QED) is 0.307. The number of aromatic nitrogens is 3. The molecule has 0 fully saturated rings. The summed E-state index contributed by atoms with van der Waals surface area (Å²) < 4.78 is 1.76. The van der Waals surface area contributed by atoms with E-state index in [1.165, 1.54) is 0 Å². The molecule has 3 N–H and O–H groups in total. The van der Waals surface area contributed by atoms with Gasteiger partial charge in [-0.1, -0.05) is 12.0 Å². The molecule has 0 saturated carbocycles. The Morgan fingerprint density at radius 3 is 2.65 bits per heavy atom. The molecule has 3 rings (SSSR count). The average Bonchev–Trinajstić information content (AvgIpc) is 3.03. The number of aliphatic hydroxyl groups excluding tert-OH is 2. The summed E-state index contributed by atoms with van der Waals surface area (Å²) in [6.07, 6.45) is 1.97. The van der Waals surface area contributed by atoms with Gasteiger partial charge >= 0.3 is 0 Å². The molecule has 138 valence electrons. The number of oxime groups is 1. The first kappa shape index (κ1) is 19.4. The van der Waals surface area contributed by atoms with E-state index in [1.54, 1.807) is 33.9 Å². The lowest BCUT2D eigenvalue weighted by atomic mass is 10.2. The Labute approximate surface area is 151 Å². The van der Waals surface area contributed by atoms with Gasteiger partial charge in [-0.3, -0.25) is 0 Å². The van der Waals surface area contributed by atoms with E-state index in [9.17, 15) is 10.2 Å². The third-order valence-electron chi connectivity index (χ3n) is 3.87. The van der Waals surface area contributed by atoms with Crippen LogP contribution < -0.4 is 4.90 Å². The molecule has 1 aliphatic rings. The molecule has 0 aliphatic carbocycles. The Morgan fingerprint density at radius 2 is 2.00 bits per heavy atom. The summed E-state index contributed by atoms with van der Waals surface area (Å²) in [5.41, 5.74) is 1.37. The van der Waals surface area contributed by atoms with Gasteiger partial charge < -0.3 is 24.9 Å². The Kier molecular flexibility index (Phi) is 6.68. The smallest absolute Gasteiger partial charge is 0.189 e. The van der Waals surface area contributed by atoms with Gasteiger partial charge in [0.1, 0.15) is 11.4 Å². The zero-order valence-electron chi connectivity index (χ0n) is 14.7. The lowest BCUT2D eigenvalue weighted by Gasteiger charge is -2.41. The molecule has 26 heavy (non-hydrogen) atoms. The Hall–Kier alpha value is -2.93. The van der Waals surface area contributed by atoms with Crippen LogP contribution in [-0.2, 0) is 7.05 Å². The highest BCUT2D eigenvalue weighted by molar-refractivity contribution is 5.47. The van der Waals surface area contributed by atoms with Crippen LogP contribution in [0.25, 0.3) is 0 Å². The van der Waals surface area contributed by atoms with Gasteiger partial charge in [0.05, 0.1) is 6.33 Å². The SMILES string of the molecule is C=NO.CN1c2ncn(C)c2C(O)N(CCC#Cc2ccccn2)C1O. The second kappa shape index (κ2) is 8.96. The zero-order valence-corrected chi connectivity index (χ0v) is 14.7. The van der Waals surface area contributed by atoms with Gasteiger partial charge in [0.2, 0.25) is 0 Å². The lowest BCUT2D eigenvalue weighted by molar-refractivity contribution is -0.113. The molecule has 3 heterocycles. The first-order valence-corrected chi connectivity index (χ1v) is 7.87. The first-order valence-electron chi connectivity index (χ1n) is 7.87. The number of hydrogen-bond acceptors (Lipinski definition) is 8. The number of hydrogen-bond donors (Lipinski definition) is 3. The van der Waals surface area contributed by atoms with E-state index in [0.29, 0.717) is 30.2 Å². The van der Waals surface area contributed by atoms with E-state index in [1.807, 2.05) is 25.2 Å². The summed E-state index contributed by atoms with van der Waals surface area (Å²) in [6, 6.07) is 5.56. The average molecular weight is 358 g/mol. The van der Waals surface area contributed by atoms with Crippen molar-refractivity contribution in [1.29, 1.82) is 0 Å². The number of pyridine rings is 1. The van der Waals surface area contributed by atoms with Crippen molar-refractivity contribution in [3.8, 4) is 11.8 Å². The van der Waals surface area contributed by atoms with Crippen LogP contribution in [0.5, 0.6) is 0 Å². The molecule has 0 radical (unpaired) electrons. The van der Waals surface area contributed by atoms with Gasteiger partial charge in [-0.15, -0.1) is 5.16 Å². The number of aryl methyl sites for hydroxylation is 1. The van der Waals surface area contributed by atoms with E-state index >= 15 is 0 Å². The van der Waals surface area contributed by atoms with Gasteiger partial charge in [-0.05, 0) is 18.1 Å². The van der Waals surface area contributed by atoms with Crippen molar-refractivity contribution in [3.05, 3.63) is 42.1 Å². The summed E-state index contributed by atoms with van der Waals surface area (Å²) >= 11 is 0. The van der Waals surface area contributed by atoms with Crippen molar-refractivity contribution in [3.63, 3.8) is 0 Å². The molecular formula is C17H22N6O3. The molecule has 2 atom stereocenters. The second-order valence-electron chi connectivity index (χ2n) is 5.54. The third kappa shape index (κ3) is 4.18. The number of aliphatic hydroxyl groups is 2. The van der Waals surface area contributed by atoms with Gasteiger partial charge in [0, 0.05) is 40.0 Å². The molecule has 2 unspecified atom stereocenters. The van der Waals surface area contributed by atoms with Crippen LogP contribution in [0, 0.1) is 11.8 Å². The third-order valence-corrected chi connectivity index (χ3v) is 3.87. The van der Waals surface area contributed by atoms with Gasteiger partial charge in [-0.25, -0.2) is 14.9 Å². The maximum atomic E-state index is 10.5. The summed E-state index contributed by atoms with van der Waals surface area (Å²) in [5, 5.41) is 30.2. The van der Waals surface area contributed by atoms with Crippen LogP contribution in [0.4, 0.5) is 5.82 Å². The van der Waals surface area contributed by atoms with Gasteiger partial charge in [0.25, 0.3) is 0 Å². The summed E-state index contributed by atoms with van der Waals surface area (Å²) in [7, 11) is 3.56. The van der Waals surface area contributed by atoms with Crippen molar-refractivity contribution in [2.45, 2.75) is 19.0 Å². The van der Waals surface area contributed by atoms with Crippen LogP contribution in [0.1, 0.15) is 24.0 Å². The van der Waals surface area contributed by atoms with Crippen LogP contribution in [0.2, 0.25) is 0 Å². The summed E-state index contributed by atoms with van der Waals surface area (Å²) in [5.74, 6) is 6.57. The van der Waals surface area contributed by atoms with Crippen molar-refractivity contribution in [2.75, 3.05) is 18.5 Å².